The van der Waals surface area contributed by atoms with Crippen molar-refractivity contribution in [1.82, 2.24) is 10.3 Å². The van der Waals surface area contributed by atoms with Crippen molar-refractivity contribution in [2.45, 2.75) is 19.4 Å². The Labute approximate surface area is 129 Å². The fourth-order valence-corrected chi connectivity index (χ4v) is 2.71. The first-order valence-electron chi connectivity index (χ1n) is 7.32. The molecule has 112 valence electrons. The van der Waals surface area contributed by atoms with Crippen LogP contribution in [0.15, 0.2) is 24.3 Å². The number of fused-ring (bicyclic) bond motifs is 1. The second-order valence-corrected chi connectivity index (χ2v) is 5.56. The van der Waals surface area contributed by atoms with Gasteiger partial charge in [-0.3, -0.25) is 0 Å². The van der Waals surface area contributed by atoms with Crippen LogP contribution in [0.4, 0.5) is 0 Å². The maximum atomic E-state index is 6.32. The molecular formula is C16H19ClN2O2. The summed E-state index contributed by atoms with van der Waals surface area (Å²) in [6.07, 6.45) is 0.945. The Morgan fingerprint density at radius 2 is 2.33 bits per heavy atom. The summed E-state index contributed by atoms with van der Waals surface area (Å²) in [4.78, 5) is 4.55. The van der Waals surface area contributed by atoms with Crippen LogP contribution in [-0.4, -0.2) is 31.3 Å². The van der Waals surface area contributed by atoms with Gasteiger partial charge in [0.05, 0.1) is 36.4 Å². The summed E-state index contributed by atoms with van der Waals surface area (Å²) >= 11 is 6.32. The molecule has 1 atom stereocenters. The van der Waals surface area contributed by atoms with Gasteiger partial charge in [-0.05, 0) is 18.1 Å². The number of hydrogen-bond donors (Lipinski definition) is 1. The lowest BCUT2D eigenvalue weighted by molar-refractivity contribution is 0.0769. The molecule has 0 bridgehead atoms. The minimum atomic E-state index is 0.212. The Kier molecular flexibility index (Phi) is 4.58. The number of pyridine rings is 1. The van der Waals surface area contributed by atoms with Gasteiger partial charge in [0.1, 0.15) is 0 Å². The topological polar surface area (TPSA) is 43.4 Å². The zero-order valence-electron chi connectivity index (χ0n) is 12.1. The average Bonchev–Trinajstić information content (AvgIpc) is 2.53. The number of ether oxygens (including phenoxy) is 2. The molecule has 1 unspecified atom stereocenters. The van der Waals surface area contributed by atoms with E-state index in [1.807, 2.05) is 6.07 Å². The van der Waals surface area contributed by atoms with E-state index in [0.717, 1.165) is 30.5 Å². The van der Waals surface area contributed by atoms with Gasteiger partial charge in [0.2, 0.25) is 5.88 Å². The lowest BCUT2D eigenvalue weighted by atomic mass is 10.0. The van der Waals surface area contributed by atoms with Crippen LogP contribution in [0.1, 0.15) is 24.9 Å². The molecule has 1 aliphatic heterocycles. The van der Waals surface area contributed by atoms with Gasteiger partial charge in [-0.25, -0.2) is 4.98 Å². The van der Waals surface area contributed by atoms with Crippen molar-refractivity contribution in [3.63, 3.8) is 0 Å². The summed E-state index contributed by atoms with van der Waals surface area (Å²) in [5.74, 6) is 0.583. The molecule has 0 radical (unpaired) electrons. The number of benzene rings is 1. The van der Waals surface area contributed by atoms with E-state index < -0.39 is 0 Å². The molecule has 2 aromatic rings. The molecule has 1 N–H and O–H groups in total. The molecule has 0 saturated carbocycles. The van der Waals surface area contributed by atoms with E-state index in [9.17, 15) is 0 Å². The number of aromatic nitrogens is 1. The van der Waals surface area contributed by atoms with Crippen molar-refractivity contribution >= 4 is 22.5 Å². The highest BCUT2D eigenvalue weighted by Crippen LogP contribution is 2.29. The highest BCUT2D eigenvalue weighted by molar-refractivity contribution is 6.35. The van der Waals surface area contributed by atoms with Crippen LogP contribution in [0.2, 0.25) is 5.02 Å². The first-order valence-corrected chi connectivity index (χ1v) is 7.70. The molecule has 1 saturated heterocycles. The van der Waals surface area contributed by atoms with Crippen LogP contribution in [0.3, 0.4) is 0 Å². The second kappa shape index (κ2) is 6.60. The molecule has 1 aliphatic rings. The third kappa shape index (κ3) is 3.28. The van der Waals surface area contributed by atoms with Gasteiger partial charge in [-0.1, -0.05) is 30.7 Å². The SMILES string of the molecule is CCCOc1cc(Cl)c2ccc(C3COCCN3)cc2n1. The normalized spacial score (nSPS) is 18.9. The van der Waals surface area contributed by atoms with Crippen LogP contribution in [0, 0.1) is 0 Å². The first-order chi connectivity index (χ1) is 10.3. The largest absolute Gasteiger partial charge is 0.478 e. The maximum Gasteiger partial charge on any atom is 0.215 e. The fraction of sp³-hybridized carbons (Fsp3) is 0.438. The van der Waals surface area contributed by atoms with Crippen molar-refractivity contribution in [2.24, 2.45) is 0 Å². The summed E-state index contributed by atoms with van der Waals surface area (Å²) in [7, 11) is 0. The smallest absolute Gasteiger partial charge is 0.215 e. The quantitative estimate of drug-likeness (QED) is 0.941. The number of nitrogens with zero attached hydrogens (tertiary/aromatic N) is 1. The summed E-state index contributed by atoms with van der Waals surface area (Å²) in [5.41, 5.74) is 2.02. The summed E-state index contributed by atoms with van der Waals surface area (Å²) in [5, 5.41) is 5.06. The molecule has 0 amide bonds. The van der Waals surface area contributed by atoms with Crippen molar-refractivity contribution in [1.29, 1.82) is 0 Å². The third-order valence-electron chi connectivity index (χ3n) is 3.54. The van der Waals surface area contributed by atoms with Crippen LogP contribution >= 0.6 is 11.6 Å². The number of rotatable bonds is 4. The number of nitrogens with one attached hydrogen (secondary N) is 1. The van der Waals surface area contributed by atoms with Gasteiger partial charge in [0.25, 0.3) is 0 Å². The molecule has 0 spiro atoms. The fourth-order valence-electron chi connectivity index (χ4n) is 2.46. The molecule has 4 nitrogen and oxygen atoms in total. The van der Waals surface area contributed by atoms with Crippen LogP contribution < -0.4 is 10.1 Å². The van der Waals surface area contributed by atoms with Crippen molar-refractivity contribution < 1.29 is 9.47 Å². The molecule has 2 heterocycles. The van der Waals surface area contributed by atoms with Gasteiger partial charge >= 0.3 is 0 Å². The monoisotopic (exact) mass is 306 g/mol. The van der Waals surface area contributed by atoms with E-state index >= 15 is 0 Å². The molecule has 1 aromatic carbocycles. The van der Waals surface area contributed by atoms with Crippen molar-refractivity contribution in [2.75, 3.05) is 26.4 Å². The number of morpholine rings is 1. The van der Waals surface area contributed by atoms with E-state index in [1.54, 1.807) is 6.07 Å². The maximum absolute atomic E-state index is 6.32. The number of halogens is 1. The minimum Gasteiger partial charge on any atom is -0.478 e. The number of hydrogen-bond acceptors (Lipinski definition) is 4. The lowest BCUT2D eigenvalue weighted by Crippen LogP contribution is -2.34. The van der Waals surface area contributed by atoms with Crippen molar-refractivity contribution in [3.8, 4) is 5.88 Å². The van der Waals surface area contributed by atoms with E-state index in [0.29, 0.717) is 24.1 Å². The molecule has 1 fully saturated rings. The van der Waals surface area contributed by atoms with E-state index in [1.165, 1.54) is 5.56 Å². The van der Waals surface area contributed by atoms with E-state index in [4.69, 9.17) is 21.1 Å². The Hall–Kier alpha value is -1.36. The van der Waals surface area contributed by atoms with Gasteiger partial charge < -0.3 is 14.8 Å². The molecule has 1 aromatic heterocycles. The first kappa shape index (κ1) is 14.6. The molecule has 0 aliphatic carbocycles. The van der Waals surface area contributed by atoms with E-state index in [-0.39, 0.29) is 6.04 Å². The van der Waals surface area contributed by atoms with Gasteiger partial charge in [-0.15, -0.1) is 0 Å². The van der Waals surface area contributed by atoms with E-state index in [2.05, 4.69) is 29.4 Å². The molecule has 3 rings (SSSR count). The van der Waals surface area contributed by atoms with Gasteiger partial charge in [0.15, 0.2) is 0 Å². The second-order valence-electron chi connectivity index (χ2n) is 5.15. The highest BCUT2D eigenvalue weighted by Gasteiger charge is 2.16. The lowest BCUT2D eigenvalue weighted by Gasteiger charge is -2.24. The van der Waals surface area contributed by atoms with Crippen LogP contribution in [0.5, 0.6) is 5.88 Å². The Bertz CT molecular complexity index is 627. The Morgan fingerprint density at radius 1 is 1.43 bits per heavy atom. The summed E-state index contributed by atoms with van der Waals surface area (Å²) in [6.45, 7) is 5.03. The third-order valence-corrected chi connectivity index (χ3v) is 3.85. The zero-order chi connectivity index (χ0) is 14.7. The van der Waals surface area contributed by atoms with Crippen LogP contribution in [0.25, 0.3) is 10.9 Å². The summed E-state index contributed by atoms with van der Waals surface area (Å²) < 4.78 is 11.1. The van der Waals surface area contributed by atoms with Crippen molar-refractivity contribution in [3.05, 3.63) is 34.9 Å². The molecule has 5 heteroatoms. The average molecular weight is 307 g/mol. The minimum absolute atomic E-state index is 0.212. The Morgan fingerprint density at radius 3 is 3.10 bits per heavy atom. The Balaban J connectivity index is 1.94. The predicted octanol–water partition coefficient (Wildman–Crippen LogP) is 3.34. The molecular weight excluding hydrogens is 288 g/mol. The van der Waals surface area contributed by atoms with Gasteiger partial charge in [-0.2, -0.15) is 0 Å². The predicted molar refractivity (Wildman–Crippen MR) is 84.1 cm³/mol. The van der Waals surface area contributed by atoms with Crippen LogP contribution in [-0.2, 0) is 4.74 Å². The molecule has 21 heavy (non-hydrogen) atoms. The highest BCUT2D eigenvalue weighted by atomic mass is 35.5. The van der Waals surface area contributed by atoms with Gasteiger partial charge in [0, 0.05) is 18.0 Å². The summed E-state index contributed by atoms with van der Waals surface area (Å²) in [6, 6.07) is 8.14. The zero-order valence-corrected chi connectivity index (χ0v) is 12.8. The standard InChI is InChI=1S/C16H19ClN2O2/c1-2-6-21-16-9-13(17)12-4-3-11(8-14(12)19-16)15-10-20-7-5-18-15/h3-4,8-9,15,18H,2,5-7,10H2,1H3.